The molecule has 1 aromatic heterocycles. The number of hydrogen-bond donors (Lipinski definition) is 0. The van der Waals surface area contributed by atoms with Crippen molar-refractivity contribution < 1.29 is 9.66 Å². The van der Waals surface area contributed by atoms with Gasteiger partial charge in [-0.15, -0.1) is 0 Å². The summed E-state index contributed by atoms with van der Waals surface area (Å²) < 4.78 is 6.13. The molecule has 98 valence electrons. The minimum absolute atomic E-state index is 0.0451. The van der Waals surface area contributed by atoms with E-state index in [1.54, 1.807) is 24.4 Å². The van der Waals surface area contributed by atoms with E-state index in [0.29, 0.717) is 20.9 Å². The van der Waals surface area contributed by atoms with Crippen LogP contribution in [0.2, 0.25) is 5.02 Å². The quantitative estimate of drug-likeness (QED) is 0.478. The minimum atomic E-state index is -0.492. The average molecular weight is 344 g/mol. The maximum Gasteiger partial charge on any atom is 0.270 e. The second kappa shape index (κ2) is 5.99. The van der Waals surface area contributed by atoms with E-state index in [-0.39, 0.29) is 12.3 Å². The number of ether oxygens (including phenoxy) is 1. The molecule has 0 atom stereocenters. The largest absolute Gasteiger partial charge is 0.486 e. The Morgan fingerprint density at radius 3 is 2.84 bits per heavy atom. The average Bonchev–Trinajstić information content (AvgIpc) is 2.39. The Balaban J connectivity index is 2.12. The smallest absolute Gasteiger partial charge is 0.270 e. The summed E-state index contributed by atoms with van der Waals surface area (Å²) in [7, 11) is 0. The lowest BCUT2D eigenvalue weighted by atomic mass is 10.2. The first-order valence-corrected chi connectivity index (χ1v) is 6.41. The summed E-state index contributed by atoms with van der Waals surface area (Å²) in [6.45, 7) is 0.209. The fraction of sp³-hybridized carbons (Fsp3) is 0.0833. The van der Waals surface area contributed by atoms with Crippen molar-refractivity contribution in [3.8, 4) is 5.75 Å². The molecule has 0 aliphatic rings. The first kappa shape index (κ1) is 13.8. The molecule has 7 heteroatoms. The van der Waals surface area contributed by atoms with Gasteiger partial charge in [-0.3, -0.25) is 10.1 Å². The van der Waals surface area contributed by atoms with Gasteiger partial charge in [-0.1, -0.05) is 11.6 Å². The van der Waals surface area contributed by atoms with Crippen molar-refractivity contribution in [3.05, 3.63) is 61.8 Å². The van der Waals surface area contributed by atoms with Crippen LogP contribution in [0, 0.1) is 10.1 Å². The number of hydrogen-bond acceptors (Lipinski definition) is 4. The zero-order valence-corrected chi connectivity index (χ0v) is 11.9. The number of nitro benzene ring substituents is 1. The van der Waals surface area contributed by atoms with Crippen molar-refractivity contribution >= 4 is 33.2 Å². The van der Waals surface area contributed by atoms with E-state index in [4.69, 9.17) is 16.3 Å². The number of pyridine rings is 1. The van der Waals surface area contributed by atoms with E-state index in [1.807, 2.05) is 0 Å². The van der Waals surface area contributed by atoms with Gasteiger partial charge in [-0.05, 0) is 34.1 Å². The molecule has 0 saturated carbocycles. The van der Waals surface area contributed by atoms with Crippen LogP contribution in [0.5, 0.6) is 5.75 Å². The fourth-order valence-corrected chi connectivity index (χ4v) is 2.00. The Hall–Kier alpha value is -1.66. The maximum atomic E-state index is 10.6. The molecule has 0 fully saturated rings. The van der Waals surface area contributed by atoms with Crippen LogP contribution in [0.4, 0.5) is 5.69 Å². The number of benzene rings is 1. The van der Waals surface area contributed by atoms with Gasteiger partial charge >= 0.3 is 0 Å². The molecule has 0 N–H and O–H groups in total. The Kier molecular flexibility index (Phi) is 4.34. The van der Waals surface area contributed by atoms with E-state index in [9.17, 15) is 10.1 Å². The Morgan fingerprint density at radius 1 is 1.42 bits per heavy atom. The fourth-order valence-electron chi connectivity index (χ4n) is 1.40. The highest BCUT2D eigenvalue weighted by Gasteiger charge is 2.10. The Labute approximate surface area is 122 Å². The molecule has 0 amide bonds. The second-order valence-electron chi connectivity index (χ2n) is 3.61. The molecular weight excluding hydrogens is 336 g/mol. The summed E-state index contributed by atoms with van der Waals surface area (Å²) in [5.41, 5.74) is 0.624. The number of non-ortho nitro benzene ring substituents is 1. The first-order chi connectivity index (χ1) is 9.08. The zero-order chi connectivity index (χ0) is 13.8. The molecule has 5 nitrogen and oxygen atoms in total. The van der Waals surface area contributed by atoms with Crippen LogP contribution in [0.15, 0.2) is 41.1 Å². The van der Waals surface area contributed by atoms with Crippen LogP contribution in [-0.2, 0) is 6.61 Å². The van der Waals surface area contributed by atoms with E-state index < -0.39 is 4.92 Å². The Morgan fingerprint density at radius 2 is 2.21 bits per heavy atom. The SMILES string of the molecule is O=[N+]([O-])c1ccc(COc2cccnc2Br)c(Cl)c1. The Bertz CT molecular complexity index is 622. The standard InChI is InChI=1S/C12H8BrClN2O3/c13-12-11(2-1-5-15-12)19-7-8-3-4-9(16(17)18)6-10(8)14/h1-6H,7H2. The van der Waals surface area contributed by atoms with Gasteiger partial charge in [-0.25, -0.2) is 4.98 Å². The van der Waals surface area contributed by atoms with E-state index >= 15 is 0 Å². The van der Waals surface area contributed by atoms with Crippen LogP contribution < -0.4 is 4.74 Å². The molecule has 2 rings (SSSR count). The van der Waals surface area contributed by atoms with Crippen molar-refractivity contribution in [1.29, 1.82) is 0 Å². The van der Waals surface area contributed by atoms with E-state index in [2.05, 4.69) is 20.9 Å². The number of aromatic nitrogens is 1. The van der Waals surface area contributed by atoms with Gasteiger partial charge in [0.2, 0.25) is 0 Å². The van der Waals surface area contributed by atoms with Gasteiger partial charge in [0.25, 0.3) is 5.69 Å². The predicted octanol–water partition coefficient (Wildman–Crippen LogP) is 3.98. The third kappa shape index (κ3) is 3.42. The lowest BCUT2D eigenvalue weighted by Gasteiger charge is -2.08. The maximum absolute atomic E-state index is 10.6. The topological polar surface area (TPSA) is 65.3 Å². The third-order valence-electron chi connectivity index (χ3n) is 2.36. The van der Waals surface area contributed by atoms with E-state index in [1.165, 1.54) is 12.1 Å². The molecule has 0 radical (unpaired) electrons. The summed E-state index contributed by atoms with van der Waals surface area (Å²) in [5, 5.41) is 10.9. The van der Waals surface area contributed by atoms with Crippen LogP contribution in [-0.4, -0.2) is 9.91 Å². The molecule has 1 aromatic carbocycles. The van der Waals surface area contributed by atoms with Gasteiger partial charge in [0.05, 0.1) is 9.95 Å². The molecule has 2 aromatic rings. The number of rotatable bonds is 4. The second-order valence-corrected chi connectivity index (χ2v) is 4.77. The molecule has 0 aliphatic carbocycles. The minimum Gasteiger partial charge on any atom is -0.486 e. The van der Waals surface area contributed by atoms with Gasteiger partial charge in [0.1, 0.15) is 11.2 Å². The van der Waals surface area contributed by atoms with Crippen molar-refractivity contribution in [3.63, 3.8) is 0 Å². The number of nitro groups is 1. The van der Waals surface area contributed by atoms with Crippen LogP contribution in [0.1, 0.15) is 5.56 Å². The molecule has 0 spiro atoms. The summed E-state index contributed by atoms with van der Waals surface area (Å²) in [4.78, 5) is 14.1. The third-order valence-corrected chi connectivity index (χ3v) is 3.30. The van der Waals surface area contributed by atoms with Crippen LogP contribution in [0.3, 0.4) is 0 Å². The molecule has 1 heterocycles. The van der Waals surface area contributed by atoms with E-state index in [0.717, 1.165) is 0 Å². The van der Waals surface area contributed by atoms with Crippen molar-refractivity contribution in [1.82, 2.24) is 4.98 Å². The number of halogens is 2. The predicted molar refractivity (Wildman–Crippen MR) is 74.4 cm³/mol. The highest BCUT2D eigenvalue weighted by atomic mass is 79.9. The van der Waals surface area contributed by atoms with Gasteiger partial charge in [0.15, 0.2) is 5.75 Å². The molecular formula is C12H8BrClN2O3. The lowest BCUT2D eigenvalue weighted by Crippen LogP contribution is -1.98. The molecule has 19 heavy (non-hydrogen) atoms. The lowest BCUT2D eigenvalue weighted by molar-refractivity contribution is -0.384. The van der Waals surface area contributed by atoms with Crippen molar-refractivity contribution in [2.24, 2.45) is 0 Å². The summed E-state index contributed by atoms with van der Waals surface area (Å²) in [5.74, 6) is 0.580. The zero-order valence-electron chi connectivity index (χ0n) is 9.55. The first-order valence-electron chi connectivity index (χ1n) is 5.24. The molecule has 0 unspecified atom stereocenters. The summed E-state index contributed by atoms with van der Waals surface area (Å²) in [6.07, 6.45) is 1.63. The monoisotopic (exact) mass is 342 g/mol. The highest BCUT2D eigenvalue weighted by Crippen LogP contribution is 2.26. The molecule has 0 saturated heterocycles. The normalized spacial score (nSPS) is 10.2. The number of nitrogens with zero attached hydrogens (tertiary/aromatic N) is 2. The summed E-state index contributed by atoms with van der Waals surface area (Å²) >= 11 is 9.23. The van der Waals surface area contributed by atoms with Gasteiger partial charge in [0, 0.05) is 23.9 Å². The summed E-state index contributed by atoms with van der Waals surface area (Å²) in [6, 6.07) is 7.78. The van der Waals surface area contributed by atoms with Crippen molar-refractivity contribution in [2.45, 2.75) is 6.61 Å². The van der Waals surface area contributed by atoms with Crippen LogP contribution >= 0.6 is 27.5 Å². The molecule has 0 aliphatic heterocycles. The highest BCUT2D eigenvalue weighted by molar-refractivity contribution is 9.10. The van der Waals surface area contributed by atoms with Gasteiger partial charge in [-0.2, -0.15) is 0 Å². The molecule has 0 bridgehead atoms. The van der Waals surface area contributed by atoms with Crippen molar-refractivity contribution in [2.75, 3.05) is 0 Å². The van der Waals surface area contributed by atoms with Crippen LogP contribution in [0.25, 0.3) is 0 Å². The van der Waals surface area contributed by atoms with Gasteiger partial charge < -0.3 is 4.74 Å².